The van der Waals surface area contributed by atoms with E-state index >= 15 is 0 Å². The van der Waals surface area contributed by atoms with Gasteiger partial charge in [0.2, 0.25) is 6.79 Å². The van der Waals surface area contributed by atoms with E-state index in [1.165, 1.54) is 31.4 Å². The fourth-order valence-corrected chi connectivity index (χ4v) is 2.28. The van der Waals surface area contributed by atoms with Crippen LogP contribution in [0.2, 0.25) is 0 Å². The van der Waals surface area contributed by atoms with Crippen LogP contribution in [-0.2, 0) is 0 Å². The van der Waals surface area contributed by atoms with Crippen LogP contribution < -0.4 is 14.2 Å². The molecule has 0 radical (unpaired) electrons. The van der Waals surface area contributed by atoms with Gasteiger partial charge in [-0.05, 0) is 30.4 Å². The maximum Gasteiger partial charge on any atom is 0.280 e. The number of ether oxygens (including phenoxy) is 3. The lowest BCUT2D eigenvalue weighted by Gasteiger charge is -2.02. The smallest absolute Gasteiger partial charge is 0.280 e. The van der Waals surface area contributed by atoms with Crippen molar-refractivity contribution in [2.24, 2.45) is 0 Å². The van der Waals surface area contributed by atoms with Crippen molar-refractivity contribution in [3.05, 3.63) is 63.7 Å². The number of ketones is 1. The molecule has 0 unspecified atom stereocenters. The van der Waals surface area contributed by atoms with E-state index in [1.807, 2.05) is 0 Å². The number of nitro groups is 1. The van der Waals surface area contributed by atoms with Gasteiger partial charge < -0.3 is 14.2 Å². The third kappa shape index (κ3) is 3.05. The van der Waals surface area contributed by atoms with E-state index in [2.05, 4.69) is 0 Å². The lowest BCUT2D eigenvalue weighted by molar-refractivity contribution is -0.385. The molecule has 7 nitrogen and oxygen atoms in total. The predicted molar refractivity (Wildman–Crippen MR) is 85.6 cm³/mol. The molecule has 0 saturated carbocycles. The number of methoxy groups -OCH3 is 1. The van der Waals surface area contributed by atoms with Crippen LogP contribution in [0.5, 0.6) is 17.2 Å². The van der Waals surface area contributed by atoms with Crippen LogP contribution in [0, 0.1) is 10.1 Å². The highest BCUT2D eigenvalue weighted by Gasteiger charge is 2.22. The predicted octanol–water partition coefficient (Wildman–Crippen LogP) is 3.23. The van der Waals surface area contributed by atoms with Gasteiger partial charge in [-0.25, -0.2) is 0 Å². The first-order valence-electron chi connectivity index (χ1n) is 7.03. The second-order valence-electron chi connectivity index (χ2n) is 4.95. The first kappa shape index (κ1) is 15.5. The molecule has 0 spiro atoms. The van der Waals surface area contributed by atoms with Gasteiger partial charge in [0.1, 0.15) is 5.75 Å². The minimum atomic E-state index is -0.530. The first-order valence-corrected chi connectivity index (χ1v) is 7.03. The SMILES string of the molecule is COc1cccc(C(=O)/C=C/c2cc3c(cc2[N+](=O)[O-])OCO3)c1. The van der Waals surface area contributed by atoms with Gasteiger partial charge in [-0.3, -0.25) is 14.9 Å². The number of nitrogens with zero attached hydrogens (tertiary/aromatic N) is 1. The quantitative estimate of drug-likeness (QED) is 0.362. The molecule has 0 saturated heterocycles. The third-order valence-electron chi connectivity index (χ3n) is 3.49. The van der Waals surface area contributed by atoms with Crippen molar-refractivity contribution in [1.82, 2.24) is 0 Å². The summed E-state index contributed by atoms with van der Waals surface area (Å²) >= 11 is 0. The number of rotatable bonds is 5. The average molecular weight is 327 g/mol. The molecule has 0 amide bonds. The van der Waals surface area contributed by atoms with E-state index in [0.29, 0.717) is 22.8 Å². The summed E-state index contributed by atoms with van der Waals surface area (Å²) in [6.45, 7) is 0.0163. The molecule has 0 bridgehead atoms. The molecule has 1 aliphatic heterocycles. The monoisotopic (exact) mass is 327 g/mol. The number of benzene rings is 2. The van der Waals surface area contributed by atoms with Gasteiger partial charge in [0, 0.05) is 5.56 Å². The zero-order valence-electron chi connectivity index (χ0n) is 12.7. The van der Waals surface area contributed by atoms with Crippen LogP contribution in [0.1, 0.15) is 15.9 Å². The Morgan fingerprint density at radius 2 is 2.00 bits per heavy atom. The number of hydrogen-bond acceptors (Lipinski definition) is 6. The Labute approximate surface area is 137 Å². The lowest BCUT2D eigenvalue weighted by Crippen LogP contribution is -1.96. The van der Waals surface area contributed by atoms with Crippen molar-refractivity contribution in [2.75, 3.05) is 13.9 Å². The van der Waals surface area contributed by atoms with Crippen LogP contribution >= 0.6 is 0 Å². The lowest BCUT2D eigenvalue weighted by atomic mass is 10.1. The molecule has 1 heterocycles. The van der Waals surface area contributed by atoms with Gasteiger partial charge >= 0.3 is 0 Å². The van der Waals surface area contributed by atoms with Crippen molar-refractivity contribution in [3.63, 3.8) is 0 Å². The van der Waals surface area contributed by atoms with Crippen LogP contribution in [0.25, 0.3) is 6.08 Å². The molecule has 7 heteroatoms. The van der Waals surface area contributed by atoms with Crippen LogP contribution in [0.15, 0.2) is 42.5 Å². The summed E-state index contributed by atoms with van der Waals surface area (Å²) in [5, 5.41) is 11.2. The zero-order valence-corrected chi connectivity index (χ0v) is 12.7. The molecule has 0 fully saturated rings. The number of carbonyl (C=O) groups excluding carboxylic acids is 1. The minimum Gasteiger partial charge on any atom is -0.497 e. The number of carbonyl (C=O) groups is 1. The fraction of sp³-hybridized carbons (Fsp3) is 0.118. The van der Waals surface area contributed by atoms with Gasteiger partial charge in [0.05, 0.1) is 23.7 Å². The molecule has 3 rings (SSSR count). The maximum absolute atomic E-state index is 12.2. The molecule has 0 aromatic heterocycles. The molecule has 0 N–H and O–H groups in total. The summed E-state index contributed by atoms with van der Waals surface area (Å²) in [5.74, 6) is 0.997. The standard InChI is InChI=1S/C17H13NO6/c1-22-13-4-2-3-12(7-13)15(19)6-5-11-8-16-17(24-10-23-16)9-14(11)18(20)21/h2-9H,10H2,1H3/b6-5+. The molecule has 0 atom stereocenters. The van der Waals surface area contributed by atoms with Crippen LogP contribution in [0.3, 0.4) is 0 Å². The largest absolute Gasteiger partial charge is 0.497 e. The minimum absolute atomic E-state index is 0.0163. The van der Waals surface area contributed by atoms with Crippen molar-refractivity contribution in [2.45, 2.75) is 0 Å². The second-order valence-corrected chi connectivity index (χ2v) is 4.95. The molecule has 122 valence electrons. The number of allylic oxidation sites excluding steroid dienone is 1. The molecular weight excluding hydrogens is 314 g/mol. The summed E-state index contributed by atoms with van der Waals surface area (Å²) in [6.07, 6.45) is 2.67. The summed E-state index contributed by atoms with van der Waals surface area (Å²) in [4.78, 5) is 22.9. The average Bonchev–Trinajstić information content (AvgIpc) is 3.06. The highest BCUT2D eigenvalue weighted by molar-refractivity contribution is 6.07. The van der Waals surface area contributed by atoms with Crippen LogP contribution in [0.4, 0.5) is 5.69 Å². The van der Waals surface area contributed by atoms with E-state index in [4.69, 9.17) is 14.2 Å². The van der Waals surface area contributed by atoms with Crippen molar-refractivity contribution >= 4 is 17.5 Å². The summed E-state index contributed by atoms with van der Waals surface area (Å²) in [7, 11) is 1.51. The summed E-state index contributed by atoms with van der Waals surface area (Å²) in [6, 6.07) is 9.43. The second kappa shape index (κ2) is 6.41. The van der Waals surface area contributed by atoms with E-state index in [-0.39, 0.29) is 23.8 Å². The maximum atomic E-state index is 12.2. The molecule has 0 aliphatic carbocycles. The Hall–Kier alpha value is -3.35. The number of nitro benzene ring substituents is 1. The zero-order chi connectivity index (χ0) is 17.1. The first-order chi connectivity index (χ1) is 11.6. The summed E-state index contributed by atoms with van der Waals surface area (Å²) in [5.41, 5.74) is 0.531. The highest BCUT2D eigenvalue weighted by Crippen LogP contribution is 2.38. The molecule has 2 aromatic rings. The molecule has 24 heavy (non-hydrogen) atoms. The highest BCUT2D eigenvalue weighted by atomic mass is 16.7. The Balaban J connectivity index is 1.91. The Morgan fingerprint density at radius 1 is 1.25 bits per heavy atom. The normalized spacial score (nSPS) is 12.4. The Kier molecular flexibility index (Phi) is 4.15. The molecular formula is C17H13NO6. The topological polar surface area (TPSA) is 87.9 Å². The van der Waals surface area contributed by atoms with E-state index in [9.17, 15) is 14.9 Å². The number of fused-ring (bicyclic) bond motifs is 1. The van der Waals surface area contributed by atoms with Gasteiger partial charge in [0.15, 0.2) is 17.3 Å². The molecule has 1 aliphatic rings. The number of hydrogen-bond donors (Lipinski definition) is 0. The van der Waals surface area contributed by atoms with Gasteiger partial charge in [-0.15, -0.1) is 0 Å². The van der Waals surface area contributed by atoms with Crippen LogP contribution in [-0.4, -0.2) is 24.6 Å². The van der Waals surface area contributed by atoms with E-state index in [1.54, 1.807) is 24.3 Å². The van der Waals surface area contributed by atoms with Crippen molar-refractivity contribution < 1.29 is 23.9 Å². The third-order valence-corrected chi connectivity index (χ3v) is 3.49. The summed E-state index contributed by atoms with van der Waals surface area (Å²) < 4.78 is 15.4. The molecule has 2 aromatic carbocycles. The van der Waals surface area contributed by atoms with Gasteiger partial charge in [-0.1, -0.05) is 12.1 Å². The van der Waals surface area contributed by atoms with Gasteiger partial charge in [0.25, 0.3) is 5.69 Å². The Morgan fingerprint density at radius 3 is 2.71 bits per heavy atom. The van der Waals surface area contributed by atoms with E-state index < -0.39 is 4.92 Å². The Bertz CT molecular complexity index is 843. The van der Waals surface area contributed by atoms with Gasteiger partial charge in [-0.2, -0.15) is 0 Å². The van der Waals surface area contributed by atoms with E-state index in [0.717, 1.165) is 0 Å². The fourth-order valence-electron chi connectivity index (χ4n) is 2.28. The van der Waals surface area contributed by atoms with Crippen molar-refractivity contribution in [1.29, 1.82) is 0 Å². The van der Waals surface area contributed by atoms with Crippen molar-refractivity contribution in [3.8, 4) is 17.2 Å².